The van der Waals surface area contributed by atoms with E-state index in [2.05, 4.69) is 19.9 Å². The first kappa shape index (κ1) is 18.2. The van der Waals surface area contributed by atoms with Gasteiger partial charge in [0.25, 0.3) is 0 Å². The van der Waals surface area contributed by atoms with Crippen LogP contribution in [0.5, 0.6) is 0 Å². The van der Waals surface area contributed by atoms with E-state index in [0.29, 0.717) is 19.0 Å². The Hall–Kier alpha value is -2.18. The van der Waals surface area contributed by atoms with Crippen molar-refractivity contribution in [2.24, 2.45) is 0 Å². The zero-order chi connectivity index (χ0) is 19.2. The quantitative estimate of drug-likeness (QED) is 0.818. The number of hydrogen-bond acceptors (Lipinski definition) is 3. The van der Waals surface area contributed by atoms with Gasteiger partial charge in [-0.05, 0) is 41.2 Å². The van der Waals surface area contributed by atoms with E-state index in [1.807, 2.05) is 35.2 Å². The highest BCUT2D eigenvalue weighted by Gasteiger charge is 2.41. The molecule has 2 aliphatic rings. The largest absolute Gasteiger partial charge is 0.333 e. The lowest BCUT2D eigenvalue weighted by Gasteiger charge is -2.44. The number of nitrogens with zero attached hydrogens (tertiary/aromatic N) is 2. The van der Waals surface area contributed by atoms with E-state index in [0.717, 1.165) is 17.5 Å². The number of piperazine rings is 1. The van der Waals surface area contributed by atoms with Crippen LogP contribution in [-0.4, -0.2) is 43.2 Å². The lowest BCUT2D eigenvalue weighted by atomic mass is 9.91. The molecule has 27 heavy (non-hydrogen) atoms. The summed E-state index contributed by atoms with van der Waals surface area (Å²) >= 11 is 0. The van der Waals surface area contributed by atoms with E-state index < -0.39 is 10.0 Å². The van der Waals surface area contributed by atoms with E-state index in [9.17, 15) is 13.2 Å². The third-order valence-electron chi connectivity index (χ3n) is 5.61. The van der Waals surface area contributed by atoms with Crippen LogP contribution >= 0.6 is 0 Å². The van der Waals surface area contributed by atoms with Crippen molar-refractivity contribution in [3.8, 4) is 0 Å². The summed E-state index contributed by atoms with van der Waals surface area (Å²) < 4.78 is 27.6. The van der Waals surface area contributed by atoms with Gasteiger partial charge in [-0.1, -0.05) is 50.2 Å². The van der Waals surface area contributed by atoms with Gasteiger partial charge in [-0.3, -0.25) is 4.79 Å². The normalized spacial score (nSPS) is 20.5. The van der Waals surface area contributed by atoms with Gasteiger partial charge in [-0.2, -0.15) is 4.31 Å². The van der Waals surface area contributed by atoms with Crippen LogP contribution in [0.15, 0.2) is 53.4 Å². The number of fused-ring (bicyclic) bond motifs is 3. The summed E-state index contributed by atoms with van der Waals surface area (Å²) in [5, 5.41) is 0. The van der Waals surface area contributed by atoms with Crippen LogP contribution in [0.2, 0.25) is 0 Å². The molecule has 1 amide bonds. The number of hydrogen-bond donors (Lipinski definition) is 0. The predicted molar refractivity (Wildman–Crippen MR) is 104 cm³/mol. The Balaban J connectivity index is 1.66. The predicted octanol–water partition coefficient (Wildman–Crippen LogP) is 2.94. The SMILES string of the molecule is CC(C)c1ccc(S(=O)(=O)N2CC(=O)N3CCc4ccccc4[C@H]3C2)cc1. The van der Waals surface area contributed by atoms with Gasteiger partial charge < -0.3 is 4.90 Å². The van der Waals surface area contributed by atoms with Crippen LogP contribution in [0.25, 0.3) is 0 Å². The van der Waals surface area contributed by atoms with E-state index in [1.54, 1.807) is 12.1 Å². The van der Waals surface area contributed by atoms with Crippen molar-refractivity contribution in [2.75, 3.05) is 19.6 Å². The third-order valence-corrected chi connectivity index (χ3v) is 7.43. The molecular formula is C21H24N2O3S. The molecule has 4 rings (SSSR count). The fourth-order valence-corrected chi connectivity index (χ4v) is 5.40. The van der Waals surface area contributed by atoms with Gasteiger partial charge in [-0.25, -0.2) is 8.42 Å². The Morgan fingerprint density at radius 2 is 1.74 bits per heavy atom. The summed E-state index contributed by atoms with van der Waals surface area (Å²) in [6.45, 7) is 5.01. The minimum absolute atomic E-state index is 0.0903. The Morgan fingerprint density at radius 3 is 2.44 bits per heavy atom. The third kappa shape index (κ3) is 3.17. The molecular weight excluding hydrogens is 360 g/mol. The number of amides is 1. The molecule has 0 N–H and O–H groups in total. The van der Waals surface area contributed by atoms with Gasteiger partial charge in [0, 0.05) is 13.1 Å². The summed E-state index contributed by atoms with van der Waals surface area (Å²) in [5.41, 5.74) is 3.36. The van der Waals surface area contributed by atoms with Crippen molar-refractivity contribution in [3.63, 3.8) is 0 Å². The van der Waals surface area contributed by atoms with Crippen LogP contribution in [0, 0.1) is 0 Å². The van der Waals surface area contributed by atoms with Gasteiger partial charge in [0.1, 0.15) is 0 Å². The smallest absolute Gasteiger partial charge is 0.243 e. The molecule has 2 aromatic carbocycles. The average Bonchev–Trinajstić information content (AvgIpc) is 2.67. The minimum atomic E-state index is -3.70. The topological polar surface area (TPSA) is 57.7 Å². The van der Waals surface area contributed by atoms with Crippen LogP contribution in [-0.2, 0) is 21.2 Å². The van der Waals surface area contributed by atoms with E-state index in [-0.39, 0.29) is 23.4 Å². The maximum absolute atomic E-state index is 13.2. The first-order chi connectivity index (χ1) is 12.9. The molecule has 6 heteroatoms. The maximum Gasteiger partial charge on any atom is 0.243 e. The number of carbonyl (C=O) groups is 1. The fourth-order valence-electron chi connectivity index (χ4n) is 4.00. The summed E-state index contributed by atoms with van der Waals surface area (Å²) in [7, 11) is -3.70. The van der Waals surface area contributed by atoms with Crippen LogP contribution in [0.1, 0.15) is 42.5 Å². The molecule has 0 bridgehead atoms. The van der Waals surface area contributed by atoms with Crippen molar-refractivity contribution in [3.05, 3.63) is 65.2 Å². The molecule has 2 aromatic rings. The Bertz CT molecular complexity index is 967. The maximum atomic E-state index is 13.2. The highest BCUT2D eigenvalue weighted by atomic mass is 32.2. The molecule has 1 atom stereocenters. The molecule has 0 saturated carbocycles. The fraction of sp³-hybridized carbons (Fsp3) is 0.381. The lowest BCUT2D eigenvalue weighted by Crippen LogP contribution is -2.55. The van der Waals surface area contributed by atoms with Crippen LogP contribution in [0.3, 0.4) is 0 Å². The standard InChI is InChI=1S/C21H24N2O3S/c1-15(2)16-7-9-18(10-8-16)27(25,26)22-13-20-19-6-4-3-5-17(19)11-12-23(20)21(24)14-22/h3-10,15,20H,11-14H2,1-2H3/t20-/m1/s1. The van der Waals surface area contributed by atoms with E-state index in [4.69, 9.17) is 0 Å². The van der Waals surface area contributed by atoms with E-state index in [1.165, 1.54) is 9.87 Å². The molecule has 0 aliphatic carbocycles. The molecule has 2 heterocycles. The molecule has 0 aromatic heterocycles. The second-order valence-corrected chi connectivity index (χ2v) is 9.51. The molecule has 5 nitrogen and oxygen atoms in total. The molecule has 0 spiro atoms. The molecule has 142 valence electrons. The summed E-state index contributed by atoms with van der Waals surface area (Å²) in [6, 6.07) is 14.8. The van der Waals surface area contributed by atoms with Gasteiger partial charge in [0.15, 0.2) is 0 Å². The Kier molecular flexibility index (Phi) is 4.56. The Labute approximate surface area is 160 Å². The molecule has 1 saturated heterocycles. The second kappa shape index (κ2) is 6.77. The molecule has 0 radical (unpaired) electrons. The number of benzene rings is 2. The van der Waals surface area contributed by atoms with Crippen molar-refractivity contribution >= 4 is 15.9 Å². The van der Waals surface area contributed by atoms with Crippen molar-refractivity contribution in [1.29, 1.82) is 0 Å². The monoisotopic (exact) mass is 384 g/mol. The molecule has 2 aliphatic heterocycles. The van der Waals surface area contributed by atoms with Crippen molar-refractivity contribution in [2.45, 2.75) is 37.1 Å². The highest BCUT2D eigenvalue weighted by molar-refractivity contribution is 7.89. The second-order valence-electron chi connectivity index (χ2n) is 7.57. The number of carbonyl (C=O) groups excluding carboxylic acids is 1. The van der Waals surface area contributed by atoms with Crippen LogP contribution in [0.4, 0.5) is 0 Å². The van der Waals surface area contributed by atoms with E-state index >= 15 is 0 Å². The summed E-state index contributed by atoms with van der Waals surface area (Å²) in [5.74, 6) is 0.216. The number of sulfonamides is 1. The first-order valence-electron chi connectivity index (χ1n) is 9.35. The van der Waals surface area contributed by atoms with Gasteiger partial charge in [0.05, 0.1) is 17.5 Å². The van der Waals surface area contributed by atoms with Crippen LogP contribution < -0.4 is 0 Å². The first-order valence-corrected chi connectivity index (χ1v) is 10.8. The highest BCUT2D eigenvalue weighted by Crippen LogP contribution is 2.34. The van der Waals surface area contributed by atoms with Crippen molar-refractivity contribution in [1.82, 2.24) is 9.21 Å². The average molecular weight is 385 g/mol. The summed E-state index contributed by atoms with van der Waals surface area (Å²) in [6.07, 6.45) is 0.821. The molecule has 0 unspecified atom stereocenters. The minimum Gasteiger partial charge on any atom is -0.333 e. The Morgan fingerprint density at radius 1 is 1.04 bits per heavy atom. The zero-order valence-corrected chi connectivity index (χ0v) is 16.4. The number of rotatable bonds is 3. The zero-order valence-electron chi connectivity index (χ0n) is 15.6. The molecule has 1 fully saturated rings. The van der Waals surface area contributed by atoms with Gasteiger partial charge in [0.2, 0.25) is 15.9 Å². The van der Waals surface area contributed by atoms with Gasteiger partial charge in [-0.15, -0.1) is 0 Å². The summed E-state index contributed by atoms with van der Waals surface area (Å²) in [4.78, 5) is 14.8. The van der Waals surface area contributed by atoms with Crippen molar-refractivity contribution < 1.29 is 13.2 Å². The van der Waals surface area contributed by atoms with Gasteiger partial charge >= 0.3 is 0 Å². The lowest BCUT2D eigenvalue weighted by molar-refractivity contribution is -0.138.